The van der Waals surface area contributed by atoms with E-state index in [0.29, 0.717) is 20.4 Å². The minimum absolute atomic E-state index is 0.321. The molecule has 4 aromatic rings. The molecule has 158 valence electrons. The average Bonchev–Trinajstić information content (AvgIpc) is 3.17. The predicted octanol–water partition coefficient (Wildman–Crippen LogP) is 4.22. The van der Waals surface area contributed by atoms with Crippen molar-refractivity contribution in [3.05, 3.63) is 41.4 Å². The number of fused-ring (bicyclic) bond motifs is 2. The fourth-order valence-corrected chi connectivity index (χ4v) is 4.64. The highest BCUT2D eigenvalue weighted by Gasteiger charge is 2.19. The van der Waals surface area contributed by atoms with Gasteiger partial charge in [-0.1, -0.05) is 22.9 Å². The maximum atomic E-state index is 14.2. The third kappa shape index (κ3) is 4.10. The van der Waals surface area contributed by atoms with E-state index < -0.39 is 0 Å². The summed E-state index contributed by atoms with van der Waals surface area (Å²) in [6.07, 6.45) is 1.57. The van der Waals surface area contributed by atoms with Crippen molar-refractivity contribution in [3.63, 3.8) is 0 Å². The van der Waals surface area contributed by atoms with Crippen LogP contribution in [0.25, 0.3) is 32.2 Å². The van der Waals surface area contributed by atoms with Crippen LogP contribution in [0.3, 0.4) is 0 Å². The Morgan fingerprint density at radius 1 is 1.23 bits per heavy atom. The van der Waals surface area contributed by atoms with E-state index in [1.807, 2.05) is 12.1 Å². The highest BCUT2D eigenvalue weighted by Crippen LogP contribution is 2.39. The van der Waals surface area contributed by atoms with Gasteiger partial charge in [0.25, 0.3) is 0 Å². The first-order valence-electron chi connectivity index (χ1n) is 9.59. The Bertz CT molecular complexity index is 1290. The summed E-state index contributed by atoms with van der Waals surface area (Å²) in [7, 11) is 0. The van der Waals surface area contributed by atoms with Crippen molar-refractivity contribution in [1.29, 1.82) is 5.26 Å². The molecule has 0 saturated carbocycles. The van der Waals surface area contributed by atoms with Crippen LogP contribution in [0, 0.1) is 17.1 Å². The summed E-state index contributed by atoms with van der Waals surface area (Å²) >= 11 is 7.79. The number of halogens is 2. The molecule has 7 nitrogen and oxygen atoms in total. The van der Waals surface area contributed by atoms with Crippen LogP contribution in [0.15, 0.2) is 30.6 Å². The molecule has 31 heavy (non-hydrogen) atoms. The minimum Gasteiger partial charge on any atom is -0.375 e. The molecular weight excluding hydrogens is 437 g/mol. The van der Waals surface area contributed by atoms with Gasteiger partial charge in [0.1, 0.15) is 18.0 Å². The van der Waals surface area contributed by atoms with E-state index in [9.17, 15) is 4.39 Å². The number of aromatic nitrogens is 3. The van der Waals surface area contributed by atoms with Crippen LogP contribution in [-0.4, -0.2) is 41.1 Å². The number of hydrogen-bond donors (Lipinski definition) is 2. The second-order valence-corrected chi connectivity index (χ2v) is 8.27. The monoisotopic (exact) mass is 455 g/mol. The maximum Gasteiger partial charge on any atom is 0.181 e. The van der Waals surface area contributed by atoms with Crippen molar-refractivity contribution in [2.45, 2.75) is 6.92 Å². The summed E-state index contributed by atoms with van der Waals surface area (Å²) in [4.78, 5) is 15.5. The first kappa shape index (κ1) is 21.2. The number of nitrogen functional groups attached to an aromatic ring is 1. The minimum atomic E-state index is -0.340. The highest BCUT2D eigenvalue weighted by molar-refractivity contribution is 7.22. The van der Waals surface area contributed by atoms with E-state index in [-0.39, 0.29) is 5.82 Å². The van der Waals surface area contributed by atoms with Crippen LogP contribution in [-0.2, 0) is 0 Å². The second-order valence-electron chi connectivity index (χ2n) is 6.83. The Balaban J connectivity index is 0.000000730. The number of nitrogens with zero attached hydrogens (tertiary/aromatic N) is 5. The van der Waals surface area contributed by atoms with Gasteiger partial charge in [-0.2, -0.15) is 5.26 Å². The summed E-state index contributed by atoms with van der Waals surface area (Å²) < 4.78 is 14.6. The SMILES string of the molecule is CC#N.Nc1nc2c(-c3cc4ncnc(N5CCNCC5)c4cc3Cl)ccc(F)c2s1. The Morgan fingerprint density at radius 3 is 2.71 bits per heavy atom. The van der Waals surface area contributed by atoms with E-state index in [1.54, 1.807) is 18.5 Å². The second kappa shape index (κ2) is 8.98. The number of piperazine rings is 1. The van der Waals surface area contributed by atoms with E-state index in [2.05, 4.69) is 25.2 Å². The zero-order valence-corrected chi connectivity index (χ0v) is 18.3. The first-order chi connectivity index (χ1) is 15.0. The first-order valence-corrected chi connectivity index (χ1v) is 10.8. The largest absolute Gasteiger partial charge is 0.375 e. The van der Waals surface area contributed by atoms with Crippen molar-refractivity contribution in [2.75, 3.05) is 36.8 Å². The third-order valence-electron chi connectivity index (χ3n) is 4.92. The molecule has 1 fully saturated rings. The predicted molar refractivity (Wildman–Crippen MR) is 124 cm³/mol. The molecule has 3 heterocycles. The lowest BCUT2D eigenvalue weighted by atomic mass is 10.0. The zero-order valence-electron chi connectivity index (χ0n) is 16.7. The van der Waals surface area contributed by atoms with Crippen molar-refractivity contribution >= 4 is 55.0 Å². The summed E-state index contributed by atoms with van der Waals surface area (Å²) in [6, 6.07) is 8.64. The average molecular weight is 456 g/mol. The molecule has 0 spiro atoms. The smallest absolute Gasteiger partial charge is 0.181 e. The lowest BCUT2D eigenvalue weighted by molar-refractivity contribution is 0.586. The molecule has 1 aliphatic rings. The van der Waals surface area contributed by atoms with Crippen LogP contribution < -0.4 is 16.0 Å². The van der Waals surface area contributed by atoms with Gasteiger partial charge >= 0.3 is 0 Å². The summed E-state index contributed by atoms with van der Waals surface area (Å²) in [5.74, 6) is 0.537. The van der Waals surface area contributed by atoms with Crippen molar-refractivity contribution in [3.8, 4) is 17.2 Å². The number of benzene rings is 2. The lowest BCUT2D eigenvalue weighted by Gasteiger charge is -2.29. The van der Waals surface area contributed by atoms with Gasteiger partial charge in [-0.3, -0.25) is 0 Å². The molecule has 0 amide bonds. The molecule has 0 radical (unpaired) electrons. The highest BCUT2D eigenvalue weighted by atomic mass is 35.5. The standard InChI is InChI=1S/C19H16ClFN6S.C2H3N/c20-13-7-12-15(24-9-25-18(12)27-5-3-23-4-6-27)8-11(13)10-1-2-14(21)17-16(10)26-19(22)28-17;1-2-3/h1-2,7-9,23H,3-6H2,(H2,22,26);1H3. The normalized spacial score (nSPS) is 13.7. The van der Waals surface area contributed by atoms with E-state index in [0.717, 1.165) is 65.4 Å². The maximum absolute atomic E-state index is 14.2. The molecule has 0 aliphatic carbocycles. The fourth-order valence-electron chi connectivity index (χ4n) is 3.61. The summed E-state index contributed by atoms with van der Waals surface area (Å²) in [6.45, 7) is 5.01. The van der Waals surface area contributed by atoms with Gasteiger partial charge in [0.05, 0.1) is 21.8 Å². The lowest BCUT2D eigenvalue weighted by Crippen LogP contribution is -2.44. The number of nitrogens with one attached hydrogen (secondary N) is 1. The molecule has 0 unspecified atom stereocenters. The van der Waals surface area contributed by atoms with Crippen LogP contribution in [0.2, 0.25) is 5.02 Å². The number of hydrogen-bond acceptors (Lipinski definition) is 8. The van der Waals surface area contributed by atoms with Gasteiger partial charge in [-0.15, -0.1) is 0 Å². The molecule has 3 N–H and O–H groups in total. The van der Waals surface area contributed by atoms with Crippen molar-refractivity contribution < 1.29 is 4.39 Å². The van der Waals surface area contributed by atoms with Crippen molar-refractivity contribution in [1.82, 2.24) is 20.3 Å². The third-order valence-corrected chi connectivity index (χ3v) is 6.13. The van der Waals surface area contributed by atoms with Gasteiger partial charge in [-0.05, 0) is 24.3 Å². The van der Waals surface area contributed by atoms with Crippen LogP contribution >= 0.6 is 22.9 Å². The van der Waals surface area contributed by atoms with Crippen LogP contribution in [0.4, 0.5) is 15.3 Å². The molecule has 5 rings (SSSR count). The van der Waals surface area contributed by atoms with Crippen LogP contribution in [0.1, 0.15) is 6.92 Å². The molecule has 2 aromatic carbocycles. The van der Waals surface area contributed by atoms with Gasteiger partial charge in [0.15, 0.2) is 5.13 Å². The number of anilines is 2. The number of nitrogens with two attached hydrogens (primary N) is 1. The molecule has 10 heteroatoms. The number of rotatable bonds is 2. The van der Waals surface area contributed by atoms with E-state index in [1.165, 1.54) is 13.0 Å². The van der Waals surface area contributed by atoms with Gasteiger partial charge in [0, 0.05) is 54.6 Å². The van der Waals surface area contributed by atoms with Crippen molar-refractivity contribution in [2.24, 2.45) is 0 Å². The topological polar surface area (TPSA) is 104 Å². The fraction of sp³-hybridized carbons (Fsp3) is 0.238. The van der Waals surface area contributed by atoms with Gasteiger partial charge in [-0.25, -0.2) is 19.3 Å². The number of nitriles is 1. The Kier molecular flexibility index (Phi) is 6.13. The van der Waals surface area contributed by atoms with E-state index >= 15 is 0 Å². The van der Waals surface area contributed by atoms with Gasteiger partial charge < -0.3 is 16.0 Å². The van der Waals surface area contributed by atoms with E-state index in [4.69, 9.17) is 22.6 Å². The Morgan fingerprint density at radius 2 is 1.97 bits per heavy atom. The summed E-state index contributed by atoms with van der Waals surface area (Å²) in [5, 5.41) is 12.4. The quantitative estimate of drug-likeness (QED) is 0.466. The molecular formula is C21H19ClFN7S. The molecule has 1 aliphatic heterocycles. The summed E-state index contributed by atoms with van der Waals surface area (Å²) in [5.41, 5.74) is 8.59. The van der Waals surface area contributed by atoms with Crippen LogP contribution in [0.5, 0.6) is 0 Å². The number of thiazole rings is 1. The zero-order chi connectivity index (χ0) is 22.0. The molecule has 2 aromatic heterocycles. The van der Waals surface area contributed by atoms with Gasteiger partial charge in [0.2, 0.25) is 0 Å². The molecule has 0 atom stereocenters. The molecule has 1 saturated heterocycles. The molecule has 0 bridgehead atoms. The Labute approximate surface area is 187 Å². The Hall–Kier alpha value is -3.06.